The minimum atomic E-state index is -0.545. The third-order valence-corrected chi connectivity index (χ3v) is 8.48. The van der Waals surface area contributed by atoms with Gasteiger partial charge in [-0.05, 0) is 78.5 Å². The summed E-state index contributed by atoms with van der Waals surface area (Å²) < 4.78 is 16.3. The highest BCUT2D eigenvalue weighted by atomic mass is 32.2. The Kier molecular flexibility index (Phi) is 11.0. The van der Waals surface area contributed by atoms with Crippen LogP contribution in [-0.4, -0.2) is 44.3 Å². The Labute approximate surface area is 283 Å². The van der Waals surface area contributed by atoms with Crippen molar-refractivity contribution in [3.8, 4) is 17.2 Å². The van der Waals surface area contributed by atoms with Crippen LogP contribution in [0.1, 0.15) is 22.8 Å². The number of hydrogen-bond acceptors (Lipinski definition) is 7. The minimum Gasteiger partial charge on any atom is -0.493 e. The molecule has 5 rings (SSSR count). The molecule has 1 unspecified atom stereocenters. The highest BCUT2D eigenvalue weighted by Gasteiger charge is 2.19. The van der Waals surface area contributed by atoms with Crippen LogP contribution in [0.4, 0.5) is 11.4 Å². The zero-order valence-corrected chi connectivity index (χ0v) is 27.7. The number of ether oxygens (including phenoxy) is 3. The van der Waals surface area contributed by atoms with Gasteiger partial charge in [-0.25, -0.2) is 0 Å². The molecule has 5 aromatic rings. The average Bonchev–Trinajstić information content (AvgIpc) is 3.12. The molecule has 3 amide bonds. The van der Waals surface area contributed by atoms with E-state index in [1.165, 1.54) is 39.2 Å². The third kappa shape index (κ3) is 8.15. The SMILES string of the molecule is COc1cc(/C=C(\NC(=O)c2ccccc2)C(=O)Nc2ccc(SC(C)C(=O)Nc3cccc4ccccc34)cc2)cc(OC)c1OC. The maximum absolute atomic E-state index is 13.6. The predicted molar refractivity (Wildman–Crippen MR) is 191 cm³/mol. The number of thioether (sulfide) groups is 1. The number of hydrogen-bond donors (Lipinski definition) is 3. The van der Waals surface area contributed by atoms with Gasteiger partial charge in [0.2, 0.25) is 11.7 Å². The highest BCUT2D eigenvalue weighted by Crippen LogP contribution is 2.38. The van der Waals surface area contributed by atoms with Crippen molar-refractivity contribution in [1.29, 1.82) is 0 Å². The molecule has 244 valence electrons. The Balaban J connectivity index is 1.31. The summed E-state index contributed by atoms with van der Waals surface area (Å²) in [6.07, 6.45) is 1.53. The van der Waals surface area contributed by atoms with Crippen LogP contribution in [0.2, 0.25) is 0 Å². The van der Waals surface area contributed by atoms with Crippen molar-refractivity contribution in [2.45, 2.75) is 17.1 Å². The quantitative estimate of drug-likeness (QED) is 0.0943. The first-order valence-electron chi connectivity index (χ1n) is 15.0. The Morgan fingerprint density at radius 1 is 0.729 bits per heavy atom. The minimum absolute atomic E-state index is 0.00435. The summed E-state index contributed by atoms with van der Waals surface area (Å²) >= 11 is 1.40. The largest absolute Gasteiger partial charge is 0.493 e. The Morgan fingerprint density at radius 2 is 1.38 bits per heavy atom. The molecule has 3 N–H and O–H groups in total. The monoisotopic (exact) mass is 661 g/mol. The number of fused-ring (bicyclic) bond motifs is 1. The van der Waals surface area contributed by atoms with E-state index < -0.39 is 11.8 Å². The average molecular weight is 662 g/mol. The van der Waals surface area contributed by atoms with Crippen LogP contribution in [0.15, 0.2) is 120 Å². The maximum Gasteiger partial charge on any atom is 0.272 e. The topological polar surface area (TPSA) is 115 Å². The maximum atomic E-state index is 13.6. The van der Waals surface area contributed by atoms with Gasteiger partial charge in [0.1, 0.15) is 5.70 Å². The fraction of sp³-hybridized carbons (Fsp3) is 0.132. The molecule has 5 aromatic carbocycles. The lowest BCUT2D eigenvalue weighted by Gasteiger charge is -2.15. The lowest BCUT2D eigenvalue weighted by atomic mass is 10.1. The highest BCUT2D eigenvalue weighted by molar-refractivity contribution is 8.00. The van der Waals surface area contributed by atoms with Gasteiger partial charge < -0.3 is 30.2 Å². The van der Waals surface area contributed by atoms with Gasteiger partial charge >= 0.3 is 0 Å². The lowest BCUT2D eigenvalue weighted by Crippen LogP contribution is -2.30. The molecular formula is C38H35N3O6S. The Bertz CT molecular complexity index is 1930. The molecule has 0 aliphatic carbocycles. The van der Waals surface area contributed by atoms with Crippen molar-refractivity contribution >= 4 is 57.7 Å². The van der Waals surface area contributed by atoms with Crippen molar-refractivity contribution in [3.05, 3.63) is 126 Å². The van der Waals surface area contributed by atoms with Gasteiger partial charge in [0.05, 0.1) is 26.6 Å². The van der Waals surface area contributed by atoms with Gasteiger partial charge in [-0.15, -0.1) is 11.8 Å². The van der Waals surface area contributed by atoms with Crippen LogP contribution in [0.5, 0.6) is 17.2 Å². The number of carbonyl (C=O) groups is 3. The Morgan fingerprint density at radius 3 is 2.04 bits per heavy atom. The summed E-state index contributed by atoms with van der Waals surface area (Å²) in [7, 11) is 4.49. The summed E-state index contributed by atoms with van der Waals surface area (Å²) in [6.45, 7) is 1.84. The number of carbonyl (C=O) groups excluding carboxylic acids is 3. The first kappa shape index (κ1) is 33.6. The van der Waals surface area contributed by atoms with Crippen molar-refractivity contribution in [2.24, 2.45) is 0 Å². The summed E-state index contributed by atoms with van der Waals surface area (Å²) in [5, 5.41) is 10.3. The summed E-state index contributed by atoms with van der Waals surface area (Å²) in [4.78, 5) is 40.6. The van der Waals surface area contributed by atoms with Gasteiger partial charge in [-0.2, -0.15) is 0 Å². The van der Waals surface area contributed by atoms with E-state index in [4.69, 9.17) is 14.2 Å². The van der Waals surface area contributed by atoms with Crippen molar-refractivity contribution in [2.75, 3.05) is 32.0 Å². The van der Waals surface area contributed by atoms with Crippen LogP contribution in [0.3, 0.4) is 0 Å². The molecule has 0 radical (unpaired) electrons. The van der Waals surface area contributed by atoms with Crippen LogP contribution >= 0.6 is 11.8 Å². The smallest absolute Gasteiger partial charge is 0.272 e. The van der Waals surface area contributed by atoms with E-state index in [2.05, 4.69) is 16.0 Å². The molecule has 10 heteroatoms. The van der Waals surface area contributed by atoms with Crippen molar-refractivity contribution in [1.82, 2.24) is 5.32 Å². The number of amides is 3. The van der Waals surface area contributed by atoms with Gasteiger partial charge in [0, 0.05) is 27.2 Å². The molecule has 0 aromatic heterocycles. The van der Waals surface area contributed by atoms with Crippen LogP contribution in [0.25, 0.3) is 16.8 Å². The number of anilines is 2. The number of rotatable bonds is 12. The molecule has 0 saturated carbocycles. The third-order valence-electron chi connectivity index (χ3n) is 7.37. The van der Waals surface area contributed by atoms with Gasteiger partial charge in [0.15, 0.2) is 11.5 Å². The van der Waals surface area contributed by atoms with Crippen molar-refractivity contribution in [3.63, 3.8) is 0 Å². The number of nitrogens with one attached hydrogen (secondary N) is 3. The first-order chi connectivity index (χ1) is 23.3. The molecule has 0 fully saturated rings. The Hall–Kier alpha value is -5.74. The molecule has 0 spiro atoms. The second-order valence-corrected chi connectivity index (χ2v) is 12.0. The molecule has 0 aliphatic heterocycles. The molecule has 0 saturated heterocycles. The lowest BCUT2D eigenvalue weighted by molar-refractivity contribution is -0.115. The van der Waals surface area contributed by atoms with E-state index in [0.717, 1.165) is 21.4 Å². The molecular weight excluding hydrogens is 627 g/mol. The second-order valence-electron chi connectivity index (χ2n) is 10.6. The molecule has 48 heavy (non-hydrogen) atoms. The van der Waals surface area contributed by atoms with E-state index in [1.54, 1.807) is 54.6 Å². The molecule has 1 atom stereocenters. The second kappa shape index (κ2) is 15.7. The van der Waals surface area contributed by atoms with Gasteiger partial charge in [0.25, 0.3) is 11.8 Å². The van der Waals surface area contributed by atoms with Crippen molar-refractivity contribution < 1.29 is 28.6 Å². The first-order valence-corrected chi connectivity index (χ1v) is 15.9. The standard InChI is InChI=1S/C38H35N3O6S/c1-24(36(42)40-31-16-10-14-26-11-8-9-15-30(26)31)48-29-19-17-28(18-20-29)39-38(44)32(41-37(43)27-12-6-5-7-13-27)21-25-22-33(45-2)35(47-4)34(23-25)46-3/h5-24H,1-4H3,(H,39,44)(H,40,42)(H,41,43)/b32-21-. The van der Waals surface area contributed by atoms with E-state index in [1.807, 2.05) is 61.5 Å². The molecule has 0 aliphatic rings. The van der Waals surface area contributed by atoms with E-state index in [-0.39, 0.29) is 16.9 Å². The zero-order chi connectivity index (χ0) is 34.0. The van der Waals surface area contributed by atoms with E-state index in [0.29, 0.717) is 34.1 Å². The normalized spacial score (nSPS) is 11.7. The molecule has 0 heterocycles. The summed E-state index contributed by atoms with van der Waals surface area (Å²) in [6, 6.07) is 32.8. The zero-order valence-electron chi connectivity index (χ0n) is 26.9. The molecule has 9 nitrogen and oxygen atoms in total. The van der Waals surface area contributed by atoms with Crippen LogP contribution in [0, 0.1) is 0 Å². The van der Waals surface area contributed by atoms with Crippen LogP contribution < -0.4 is 30.2 Å². The summed E-state index contributed by atoms with van der Waals surface area (Å²) in [5.74, 6) is 0.0678. The molecule has 0 bridgehead atoms. The number of methoxy groups -OCH3 is 3. The fourth-order valence-corrected chi connectivity index (χ4v) is 5.80. The van der Waals surface area contributed by atoms with Crippen LogP contribution in [-0.2, 0) is 9.59 Å². The van der Waals surface area contributed by atoms with E-state index in [9.17, 15) is 14.4 Å². The number of benzene rings is 5. The van der Waals surface area contributed by atoms with Gasteiger partial charge in [-0.3, -0.25) is 14.4 Å². The fourth-order valence-electron chi connectivity index (χ4n) is 4.94. The predicted octanol–water partition coefficient (Wildman–Crippen LogP) is 7.39. The summed E-state index contributed by atoms with van der Waals surface area (Å²) in [5.41, 5.74) is 2.18. The van der Waals surface area contributed by atoms with Gasteiger partial charge in [-0.1, -0.05) is 54.6 Å². The van der Waals surface area contributed by atoms with E-state index >= 15 is 0 Å².